The van der Waals surface area contributed by atoms with Gasteiger partial charge < -0.3 is 15.4 Å². The van der Waals surface area contributed by atoms with Crippen LogP contribution >= 0.6 is 0 Å². The van der Waals surface area contributed by atoms with Crippen LogP contribution in [0.25, 0.3) is 0 Å². The number of aliphatic carboxylic acids is 1. The third kappa shape index (κ3) is 3.69. The van der Waals surface area contributed by atoms with E-state index in [4.69, 9.17) is 5.11 Å². The number of carboxylic acid groups (broad SMARTS) is 1. The van der Waals surface area contributed by atoms with Crippen LogP contribution in [-0.4, -0.2) is 28.5 Å². The van der Waals surface area contributed by atoms with E-state index in [0.29, 0.717) is 30.9 Å². The minimum atomic E-state index is -0.726. The largest absolute Gasteiger partial charge is 0.481 e. The number of aromatic amines is 1. The number of hydrogen-bond acceptors (Lipinski definition) is 3. The average Bonchev–Trinajstić information content (AvgIpc) is 2.45. The van der Waals surface area contributed by atoms with Crippen molar-refractivity contribution in [1.29, 1.82) is 0 Å². The van der Waals surface area contributed by atoms with Crippen LogP contribution in [0.15, 0.2) is 23.1 Å². The first-order valence-electron chi connectivity index (χ1n) is 6.76. The molecule has 0 spiro atoms. The Balaban J connectivity index is 1.80. The summed E-state index contributed by atoms with van der Waals surface area (Å²) in [6, 6.07) is 2.81. The number of carboxylic acids is 1. The van der Waals surface area contributed by atoms with Crippen LogP contribution in [0.1, 0.15) is 36.0 Å². The maximum Gasteiger partial charge on any atom is 0.306 e. The number of carbonyl (C=O) groups excluding carboxylic acids is 1. The molecule has 20 heavy (non-hydrogen) atoms. The monoisotopic (exact) mass is 278 g/mol. The van der Waals surface area contributed by atoms with E-state index in [0.717, 1.165) is 12.8 Å². The van der Waals surface area contributed by atoms with Gasteiger partial charge in [0.15, 0.2) is 0 Å². The zero-order chi connectivity index (χ0) is 14.5. The number of rotatable bonds is 4. The molecule has 3 N–H and O–H groups in total. The van der Waals surface area contributed by atoms with Crippen LogP contribution < -0.4 is 10.9 Å². The highest BCUT2D eigenvalue weighted by Crippen LogP contribution is 2.28. The third-order valence-corrected chi connectivity index (χ3v) is 3.78. The van der Waals surface area contributed by atoms with E-state index < -0.39 is 5.97 Å². The standard InChI is InChI=1S/C14H18N2O4/c17-12-7-11(5-6-15-12)13(18)16-8-9-1-3-10(4-2-9)14(19)20/h5-7,9-10H,1-4,8H2,(H,15,17)(H,16,18)(H,19,20). The lowest BCUT2D eigenvalue weighted by molar-refractivity contribution is -0.143. The number of hydrogen-bond donors (Lipinski definition) is 3. The van der Waals surface area contributed by atoms with Crippen LogP contribution in [0.2, 0.25) is 0 Å². The highest BCUT2D eigenvalue weighted by atomic mass is 16.4. The molecule has 1 aromatic rings. The second-order valence-corrected chi connectivity index (χ2v) is 5.21. The molecular weight excluding hydrogens is 260 g/mol. The minimum absolute atomic E-state index is 0.241. The predicted octanol–water partition coefficient (Wildman–Crippen LogP) is 0.996. The molecule has 6 heteroatoms. The Hall–Kier alpha value is -2.11. The molecule has 1 aliphatic rings. The van der Waals surface area contributed by atoms with Gasteiger partial charge in [-0.1, -0.05) is 0 Å². The number of amides is 1. The van der Waals surface area contributed by atoms with Crippen molar-refractivity contribution in [3.05, 3.63) is 34.2 Å². The molecule has 0 radical (unpaired) electrons. The van der Waals surface area contributed by atoms with Gasteiger partial charge in [-0.25, -0.2) is 0 Å². The maximum atomic E-state index is 11.9. The molecule has 108 valence electrons. The van der Waals surface area contributed by atoms with Gasteiger partial charge in [-0.15, -0.1) is 0 Å². The van der Waals surface area contributed by atoms with Crippen LogP contribution in [0.4, 0.5) is 0 Å². The summed E-state index contributed by atoms with van der Waals surface area (Å²) in [6.07, 6.45) is 4.40. The van der Waals surface area contributed by atoms with E-state index in [1.807, 2.05) is 0 Å². The molecule has 0 aliphatic heterocycles. The van der Waals surface area contributed by atoms with Crippen LogP contribution in [0.5, 0.6) is 0 Å². The van der Waals surface area contributed by atoms with Gasteiger partial charge in [0.05, 0.1) is 5.92 Å². The van der Waals surface area contributed by atoms with Crippen molar-refractivity contribution < 1.29 is 14.7 Å². The van der Waals surface area contributed by atoms with Gasteiger partial charge >= 0.3 is 5.97 Å². The Kier molecular flexibility index (Phi) is 4.55. The Bertz CT molecular complexity index is 544. The normalized spacial score (nSPS) is 22.2. The van der Waals surface area contributed by atoms with Gasteiger partial charge in [-0.05, 0) is 37.7 Å². The van der Waals surface area contributed by atoms with Gasteiger partial charge in [0.25, 0.3) is 5.91 Å². The summed E-state index contributed by atoms with van der Waals surface area (Å²) in [5.41, 5.74) is 0.0348. The number of nitrogens with one attached hydrogen (secondary N) is 2. The lowest BCUT2D eigenvalue weighted by Gasteiger charge is -2.26. The summed E-state index contributed by atoms with van der Waals surface area (Å²) >= 11 is 0. The second kappa shape index (κ2) is 6.36. The van der Waals surface area contributed by atoms with Crippen molar-refractivity contribution in [2.24, 2.45) is 11.8 Å². The minimum Gasteiger partial charge on any atom is -0.481 e. The number of H-pyrrole nitrogens is 1. The van der Waals surface area contributed by atoms with Crippen molar-refractivity contribution in [1.82, 2.24) is 10.3 Å². The van der Waals surface area contributed by atoms with Gasteiger partial charge in [0.1, 0.15) is 0 Å². The summed E-state index contributed by atoms with van der Waals surface area (Å²) in [4.78, 5) is 36.3. The van der Waals surface area contributed by atoms with E-state index in [9.17, 15) is 14.4 Å². The summed E-state index contributed by atoms with van der Waals surface area (Å²) in [5, 5.41) is 11.7. The summed E-state index contributed by atoms with van der Waals surface area (Å²) in [6.45, 7) is 0.526. The molecular formula is C14H18N2O4. The molecule has 0 aromatic carbocycles. The number of pyridine rings is 1. The molecule has 1 amide bonds. The summed E-state index contributed by atoms with van der Waals surface area (Å²) in [5.74, 6) is -0.918. The van der Waals surface area contributed by atoms with Gasteiger partial charge in [0, 0.05) is 24.4 Å². The maximum absolute atomic E-state index is 11.9. The van der Waals surface area contributed by atoms with Gasteiger partial charge in [0.2, 0.25) is 5.56 Å². The highest BCUT2D eigenvalue weighted by molar-refractivity contribution is 5.93. The van der Waals surface area contributed by atoms with Crippen molar-refractivity contribution >= 4 is 11.9 Å². The molecule has 1 fully saturated rings. The SMILES string of the molecule is O=C(NCC1CCC(C(=O)O)CC1)c1cc[nH]c(=O)c1. The van der Waals surface area contributed by atoms with Crippen LogP contribution in [-0.2, 0) is 4.79 Å². The molecule has 0 bridgehead atoms. The predicted molar refractivity (Wildman–Crippen MR) is 72.5 cm³/mol. The molecule has 1 heterocycles. The Morgan fingerprint density at radius 2 is 2.00 bits per heavy atom. The summed E-state index contributed by atoms with van der Waals surface area (Å²) < 4.78 is 0. The van der Waals surface area contributed by atoms with E-state index >= 15 is 0 Å². The zero-order valence-corrected chi connectivity index (χ0v) is 11.1. The van der Waals surface area contributed by atoms with Crippen molar-refractivity contribution in [3.63, 3.8) is 0 Å². The van der Waals surface area contributed by atoms with E-state index in [1.54, 1.807) is 6.07 Å². The van der Waals surface area contributed by atoms with E-state index in [2.05, 4.69) is 10.3 Å². The molecule has 0 atom stereocenters. The lowest BCUT2D eigenvalue weighted by Crippen LogP contribution is -2.32. The molecule has 0 unspecified atom stereocenters. The first-order chi connectivity index (χ1) is 9.56. The number of aromatic nitrogens is 1. The first kappa shape index (κ1) is 14.3. The Morgan fingerprint density at radius 3 is 2.60 bits per heavy atom. The Morgan fingerprint density at radius 1 is 1.30 bits per heavy atom. The fourth-order valence-electron chi connectivity index (χ4n) is 2.54. The third-order valence-electron chi connectivity index (χ3n) is 3.78. The lowest BCUT2D eigenvalue weighted by atomic mass is 9.82. The smallest absolute Gasteiger partial charge is 0.306 e. The quantitative estimate of drug-likeness (QED) is 0.765. The molecule has 1 aromatic heterocycles. The highest BCUT2D eigenvalue weighted by Gasteiger charge is 2.26. The second-order valence-electron chi connectivity index (χ2n) is 5.21. The molecule has 1 aliphatic carbocycles. The van der Waals surface area contributed by atoms with Gasteiger partial charge in [-0.3, -0.25) is 14.4 Å². The van der Waals surface area contributed by atoms with E-state index in [-0.39, 0.29) is 17.4 Å². The fourth-order valence-corrected chi connectivity index (χ4v) is 2.54. The van der Waals surface area contributed by atoms with E-state index in [1.165, 1.54) is 12.3 Å². The van der Waals surface area contributed by atoms with Crippen LogP contribution in [0.3, 0.4) is 0 Å². The average molecular weight is 278 g/mol. The first-order valence-corrected chi connectivity index (χ1v) is 6.76. The Labute approximate surface area is 116 Å². The summed E-state index contributed by atoms with van der Waals surface area (Å²) in [7, 11) is 0. The molecule has 0 saturated heterocycles. The van der Waals surface area contributed by atoms with Crippen molar-refractivity contribution in [3.8, 4) is 0 Å². The zero-order valence-electron chi connectivity index (χ0n) is 11.1. The van der Waals surface area contributed by atoms with Gasteiger partial charge in [-0.2, -0.15) is 0 Å². The van der Waals surface area contributed by atoms with Crippen molar-refractivity contribution in [2.75, 3.05) is 6.54 Å². The molecule has 6 nitrogen and oxygen atoms in total. The topological polar surface area (TPSA) is 99.3 Å². The number of carbonyl (C=O) groups is 2. The fraction of sp³-hybridized carbons (Fsp3) is 0.500. The molecule has 1 saturated carbocycles. The van der Waals surface area contributed by atoms with Crippen LogP contribution in [0, 0.1) is 11.8 Å². The molecule has 2 rings (SSSR count). The van der Waals surface area contributed by atoms with Crippen molar-refractivity contribution in [2.45, 2.75) is 25.7 Å².